The lowest BCUT2D eigenvalue weighted by Crippen LogP contribution is -1.97. The molecule has 2 nitrogen and oxygen atoms in total. The molecule has 0 amide bonds. The summed E-state index contributed by atoms with van der Waals surface area (Å²) in [5.41, 5.74) is 3.54. The molecule has 3 rings (SSSR count). The van der Waals surface area contributed by atoms with Crippen LogP contribution in [0.1, 0.15) is 16.7 Å². The molecule has 0 bridgehead atoms. The van der Waals surface area contributed by atoms with E-state index in [0.717, 1.165) is 11.1 Å². The van der Waals surface area contributed by atoms with Gasteiger partial charge in [-0.25, -0.2) is 4.79 Å². The maximum absolute atomic E-state index is 12.0. The van der Waals surface area contributed by atoms with Crippen molar-refractivity contribution in [2.75, 3.05) is 0 Å². The summed E-state index contributed by atoms with van der Waals surface area (Å²) < 4.78 is 5.29. The lowest BCUT2D eigenvalue weighted by Gasteiger charge is -1.99. The van der Waals surface area contributed by atoms with Crippen LogP contribution in [0, 0.1) is 6.92 Å². The zero-order valence-electron chi connectivity index (χ0n) is 11.5. The lowest BCUT2D eigenvalue weighted by molar-refractivity contribution is -0.131. The van der Waals surface area contributed by atoms with Crippen LogP contribution in [0.5, 0.6) is 0 Å². The number of esters is 1. The molecular weight excluding hydrogens is 284 g/mol. The Morgan fingerprint density at radius 3 is 2.33 bits per heavy atom. The molecule has 1 heterocycles. The molecule has 0 atom stereocenters. The van der Waals surface area contributed by atoms with Gasteiger partial charge < -0.3 is 4.74 Å². The van der Waals surface area contributed by atoms with Crippen molar-refractivity contribution in [3.8, 4) is 0 Å². The van der Waals surface area contributed by atoms with Crippen molar-refractivity contribution >= 4 is 29.2 Å². The molecule has 0 saturated carbocycles. The van der Waals surface area contributed by atoms with Gasteiger partial charge in [-0.1, -0.05) is 53.6 Å². The van der Waals surface area contributed by atoms with Crippen LogP contribution < -0.4 is 0 Å². The van der Waals surface area contributed by atoms with Crippen molar-refractivity contribution in [1.82, 2.24) is 0 Å². The Morgan fingerprint density at radius 2 is 1.67 bits per heavy atom. The largest absolute Gasteiger partial charge is 0.423 e. The van der Waals surface area contributed by atoms with Gasteiger partial charge in [0.05, 0.1) is 5.57 Å². The van der Waals surface area contributed by atoms with Gasteiger partial charge in [-0.3, -0.25) is 0 Å². The Morgan fingerprint density at radius 1 is 1.00 bits per heavy atom. The maximum atomic E-state index is 12.0. The van der Waals surface area contributed by atoms with Gasteiger partial charge in [0, 0.05) is 5.02 Å². The average Bonchev–Trinajstić information content (AvgIpc) is 2.83. The van der Waals surface area contributed by atoms with E-state index in [4.69, 9.17) is 16.3 Å². The number of ether oxygens (including phenoxy) is 1. The lowest BCUT2D eigenvalue weighted by atomic mass is 10.1. The van der Waals surface area contributed by atoms with E-state index in [9.17, 15) is 4.79 Å². The first-order valence-electron chi connectivity index (χ1n) is 6.60. The number of halogens is 1. The summed E-state index contributed by atoms with van der Waals surface area (Å²) in [5.74, 6) is 0.212. The first-order chi connectivity index (χ1) is 10.1. The normalized spacial score (nSPS) is 16.0. The smallest absolute Gasteiger partial charge is 0.344 e. The minimum atomic E-state index is -0.337. The SMILES string of the molecule is Cc1ccc(/C=C2/C=C(c3ccc(Cl)cc3)C(=O)O2)cc1. The summed E-state index contributed by atoms with van der Waals surface area (Å²) in [6.07, 6.45) is 3.60. The average molecular weight is 297 g/mol. The van der Waals surface area contributed by atoms with E-state index >= 15 is 0 Å². The van der Waals surface area contributed by atoms with Crippen molar-refractivity contribution in [3.05, 3.63) is 82.1 Å². The Kier molecular flexibility index (Phi) is 3.63. The van der Waals surface area contributed by atoms with Crippen LogP contribution in [-0.4, -0.2) is 5.97 Å². The van der Waals surface area contributed by atoms with Gasteiger partial charge in [-0.15, -0.1) is 0 Å². The molecule has 2 aromatic rings. The highest BCUT2D eigenvalue weighted by Gasteiger charge is 2.22. The Hall–Kier alpha value is -2.32. The summed E-state index contributed by atoms with van der Waals surface area (Å²) in [7, 11) is 0. The minimum absolute atomic E-state index is 0.337. The number of hydrogen-bond acceptors (Lipinski definition) is 2. The minimum Gasteiger partial charge on any atom is -0.423 e. The second-order valence-electron chi connectivity index (χ2n) is 4.91. The van der Waals surface area contributed by atoms with Crippen LogP contribution in [0.4, 0.5) is 0 Å². The van der Waals surface area contributed by atoms with E-state index in [1.165, 1.54) is 5.56 Å². The predicted molar refractivity (Wildman–Crippen MR) is 84.7 cm³/mol. The Bertz CT molecular complexity index is 738. The molecule has 0 N–H and O–H groups in total. The van der Waals surface area contributed by atoms with Gasteiger partial charge in [0.2, 0.25) is 0 Å². The number of cyclic esters (lactones) is 1. The third-order valence-electron chi connectivity index (χ3n) is 3.26. The van der Waals surface area contributed by atoms with Crippen molar-refractivity contribution in [2.24, 2.45) is 0 Å². The van der Waals surface area contributed by atoms with Crippen molar-refractivity contribution in [3.63, 3.8) is 0 Å². The number of carbonyl (C=O) groups excluding carboxylic acids is 1. The van der Waals surface area contributed by atoms with E-state index < -0.39 is 0 Å². The third kappa shape index (κ3) is 3.06. The maximum Gasteiger partial charge on any atom is 0.344 e. The fourth-order valence-electron chi connectivity index (χ4n) is 2.12. The molecule has 3 heteroatoms. The third-order valence-corrected chi connectivity index (χ3v) is 3.51. The summed E-state index contributed by atoms with van der Waals surface area (Å²) in [6.45, 7) is 2.03. The van der Waals surface area contributed by atoms with Crippen LogP contribution in [0.25, 0.3) is 11.6 Å². The first-order valence-corrected chi connectivity index (χ1v) is 6.98. The molecule has 104 valence electrons. The number of rotatable bonds is 2. The number of allylic oxidation sites excluding steroid dienone is 1. The summed E-state index contributed by atoms with van der Waals surface area (Å²) in [4.78, 5) is 12.0. The molecule has 2 aromatic carbocycles. The molecule has 0 unspecified atom stereocenters. The highest BCUT2D eigenvalue weighted by Crippen LogP contribution is 2.28. The zero-order valence-corrected chi connectivity index (χ0v) is 12.2. The quantitative estimate of drug-likeness (QED) is 0.755. The molecular formula is C18H13ClO2. The molecule has 1 aliphatic heterocycles. The fourth-order valence-corrected chi connectivity index (χ4v) is 2.25. The number of benzene rings is 2. The van der Waals surface area contributed by atoms with Crippen LogP contribution in [0.3, 0.4) is 0 Å². The molecule has 0 fully saturated rings. The number of carbonyl (C=O) groups is 1. The summed E-state index contributed by atoms with van der Waals surface area (Å²) in [6, 6.07) is 15.2. The van der Waals surface area contributed by atoms with E-state index in [2.05, 4.69) is 0 Å². The van der Waals surface area contributed by atoms with E-state index in [1.54, 1.807) is 18.2 Å². The zero-order chi connectivity index (χ0) is 14.8. The van der Waals surface area contributed by atoms with Crippen LogP contribution >= 0.6 is 11.6 Å². The standard InChI is InChI=1S/C18H13ClO2/c1-12-2-4-13(5-3-12)10-16-11-17(18(20)21-16)14-6-8-15(19)9-7-14/h2-11H,1H3/b16-10-. The van der Waals surface area contributed by atoms with Gasteiger partial charge in [0.15, 0.2) is 0 Å². The second-order valence-corrected chi connectivity index (χ2v) is 5.35. The van der Waals surface area contributed by atoms with E-state index in [1.807, 2.05) is 49.4 Å². The predicted octanol–water partition coefficient (Wildman–Crippen LogP) is 4.63. The molecule has 1 aliphatic rings. The monoisotopic (exact) mass is 296 g/mol. The summed E-state index contributed by atoms with van der Waals surface area (Å²) in [5, 5.41) is 0.640. The Labute approximate surface area is 128 Å². The van der Waals surface area contributed by atoms with Gasteiger partial charge in [0.25, 0.3) is 0 Å². The van der Waals surface area contributed by atoms with Crippen LogP contribution in [0.15, 0.2) is 60.4 Å². The first kappa shape index (κ1) is 13.7. The van der Waals surface area contributed by atoms with Gasteiger partial charge >= 0.3 is 5.97 Å². The van der Waals surface area contributed by atoms with Crippen molar-refractivity contribution in [1.29, 1.82) is 0 Å². The van der Waals surface area contributed by atoms with Gasteiger partial charge in [0.1, 0.15) is 5.76 Å². The molecule has 0 saturated heterocycles. The highest BCUT2D eigenvalue weighted by molar-refractivity contribution is 6.30. The summed E-state index contributed by atoms with van der Waals surface area (Å²) >= 11 is 5.86. The number of hydrogen-bond donors (Lipinski definition) is 0. The van der Waals surface area contributed by atoms with Gasteiger partial charge in [-0.2, -0.15) is 0 Å². The van der Waals surface area contributed by atoms with Gasteiger partial charge in [-0.05, 0) is 42.3 Å². The topological polar surface area (TPSA) is 26.3 Å². The molecule has 0 radical (unpaired) electrons. The molecule has 0 spiro atoms. The molecule has 0 aliphatic carbocycles. The van der Waals surface area contributed by atoms with Crippen molar-refractivity contribution in [2.45, 2.75) is 6.92 Å². The Balaban J connectivity index is 1.91. The van der Waals surface area contributed by atoms with E-state index in [-0.39, 0.29) is 5.97 Å². The molecule has 0 aromatic heterocycles. The van der Waals surface area contributed by atoms with Crippen LogP contribution in [-0.2, 0) is 9.53 Å². The van der Waals surface area contributed by atoms with Crippen molar-refractivity contribution < 1.29 is 9.53 Å². The molecule has 21 heavy (non-hydrogen) atoms. The van der Waals surface area contributed by atoms with Crippen LogP contribution in [0.2, 0.25) is 5.02 Å². The highest BCUT2D eigenvalue weighted by atomic mass is 35.5. The second kappa shape index (κ2) is 5.58. The number of aryl methyl sites for hydroxylation is 1. The van der Waals surface area contributed by atoms with E-state index in [0.29, 0.717) is 16.4 Å². The fraction of sp³-hybridized carbons (Fsp3) is 0.0556.